The van der Waals surface area contributed by atoms with Gasteiger partial charge in [-0.05, 0) is 24.7 Å². The Labute approximate surface area is 100 Å². The van der Waals surface area contributed by atoms with Gasteiger partial charge in [-0.15, -0.1) is 0 Å². The zero-order chi connectivity index (χ0) is 11.5. The molecular formula is C12H14ClN3. The van der Waals surface area contributed by atoms with Gasteiger partial charge in [0.05, 0.1) is 11.7 Å². The summed E-state index contributed by atoms with van der Waals surface area (Å²) in [5.41, 5.74) is 2.02. The van der Waals surface area contributed by atoms with E-state index in [1.54, 1.807) is 4.68 Å². The summed E-state index contributed by atoms with van der Waals surface area (Å²) in [4.78, 5) is 0. The van der Waals surface area contributed by atoms with Crippen LogP contribution in [0.1, 0.15) is 17.3 Å². The van der Waals surface area contributed by atoms with Gasteiger partial charge in [-0.1, -0.05) is 29.8 Å². The summed E-state index contributed by atoms with van der Waals surface area (Å²) in [6, 6.07) is 9.84. The molecule has 4 heteroatoms. The predicted molar refractivity (Wildman–Crippen MR) is 65.6 cm³/mol. The van der Waals surface area contributed by atoms with Gasteiger partial charge in [0.25, 0.3) is 0 Å². The topological polar surface area (TPSA) is 29.9 Å². The van der Waals surface area contributed by atoms with Crippen LogP contribution in [0.2, 0.25) is 5.02 Å². The highest BCUT2D eigenvalue weighted by Crippen LogP contribution is 2.26. The van der Waals surface area contributed by atoms with Gasteiger partial charge in [0.2, 0.25) is 0 Å². The molecule has 0 radical (unpaired) electrons. The molecule has 1 atom stereocenters. The van der Waals surface area contributed by atoms with Gasteiger partial charge in [0, 0.05) is 18.3 Å². The maximum absolute atomic E-state index is 6.18. The van der Waals surface area contributed by atoms with E-state index in [0.29, 0.717) is 0 Å². The number of nitrogens with one attached hydrogen (secondary N) is 1. The van der Waals surface area contributed by atoms with Crippen molar-refractivity contribution in [2.24, 2.45) is 7.05 Å². The summed E-state index contributed by atoms with van der Waals surface area (Å²) in [5, 5.41) is 8.38. The summed E-state index contributed by atoms with van der Waals surface area (Å²) in [6.07, 6.45) is 1.93. The Bertz CT molecular complexity index is 479. The second-order valence-electron chi connectivity index (χ2n) is 3.66. The molecule has 0 spiro atoms. The van der Waals surface area contributed by atoms with Gasteiger partial charge in [-0.3, -0.25) is 4.68 Å². The number of benzene rings is 1. The zero-order valence-electron chi connectivity index (χ0n) is 9.31. The fraction of sp³-hybridized carbons (Fsp3) is 0.250. The molecule has 1 unspecified atom stereocenters. The van der Waals surface area contributed by atoms with Crippen LogP contribution in [-0.4, -0.2) is 16.8 Å². The molecule has 1 aromatic carbocycles. The van der Waals surface area contributed by atoms with Crippen LogP contribution in [0, 0.1) is 0 Å². The molecule has 1 heterocycles. The maximum atomic E-state index is 6.18. The molecule has 0 fully saturated rings. The Morgan fingerprint density at radius 3 is 2.62 bits per heavy atom. The minimum Gasteiger partial charge on any atom is -0.308 e. The maximum Gasteiger partial charge on any atom is 0.0839 e. The summed E-state index contributed by atoms with van der Waals surface area (Å²) in [6.45, 7) is 0. The van der Waals surface area contributed by atoms with E-state index in [1.165, 1.54) is 0 Å². The quantitative estimate of drug-likeness (QED) is 0.886. The monoisotopic (exact) mass is 235 g/mol. The van der Waals surface area contributed by atoms with Crippen molar-refractivity contribution in [3.05, 3.63) is 52.8 Å². The largest absolute Gasteiger partial charge is 0.308 e. The van der Waals surface area contributed by atoms with Crippen LogP contribution in [-0.2, 0) is 7.05 Å². The highest BCUT2D eigenvalue weighted by molar-refractivity contribution is 6.31. The van der Waals surface area contributed by atoms with Gasteiger partial charge >= 0.3 is 0 Å². The van der Waals surface area contributed by atoms with Gasteiger partial charge in [-0.25, -0.2) is 0 Å². The molecular weight excluding hydrogens is 222 g/mol. The van der Waals surface area contributed by atoms with Gasteiger partial charge in [0.1, 0.15) is 0 Å². The number of aromatic nitrogens is 2. The molecule has 0 aliphatic rings. The fourth-order valence-electron chi connectivity index (χ4n) is 1.76. The molecule has 1 N–H and O–H groups in total. The van der Waals surface area contributed by atoms with Gasteiger partial charge in [0.15, 0.2) is 0 Å². The Hall–Kier alpha value is -1.32. The highest BCUT2D eigenvalue weighted by Gasteiger charge is 2.16. The number of halogens is 1. The Kier molecular flexibility index (Phi) is 3.27. The third-order valence-corrected chi connectivity index (χ3v) is 2.88. The Morgan fingerprint density at radius 2 is 2.06 bits per heavy atom. The standard InChI is InChI=1S/C12H14ClN3/c1-14-12(11-7-8-16(2)15-11)9-5-3-4-6-10(9)13/h3-8,12,14H,1-2H3. The predicted octanol–water partition coefficient (Wildman–Crippen LogP) is 2.38. The molecule has 0 aliphatic heterocycles. The number of hydrogen-bond donors (Lipinski definition) is 1. The second-order valence-corrected chi connectivity index (χ2v) is 4.06. The minimum absolute atomic E-state index is 0.0369. The SMILES string of the molecule is CNC(c1ccn(C)n1)c1ccccc1Cl. The van der Waals surface area contributed by atoms with Gasteiger partial charge < -0.3 is 5.32 Å². The van der Waals surface area contributed by atoms with E-state index in [2.05, 4.69) is 10.4 Å². The van der Waals surface area contributed by atoms with Crippen molar-refractivity contribution in [3.8, 4) is 0 Å². The number of nitrogens with zero attached hydrogens (tertiary/aromatic N) is 2. The lowest BCUT2D eigenvalue weighted by Crippen LogP contribution is -2.18. The van der Waals surface area contributed by atoms with E-state index in [0.717, 1.165) is 16.3 Å². The first kappa shape index (κ1) is 11.2. The molecule has 0 amide bonds. The van der Waals surface area contributed by atoms with Gasteiger partial charge in [-0.2, -0.15) is 5.10 Å². The molecule has 0 bridgehead atoms. The Balaban J connectivity index is 2.40. The van der Waals surface area contributed by atoms with Crippen molar-refractivity contribution in [3.63, 3.8) is 0 Å². The van der Waals surface area contributed by atoms with Crippen LogP contribution in [0.5, 0.6) is 0 Å². The Morgan fingerprint density at radius 1 is 1.31 bits per heavy atom. The molecule has 2 aromatic rings. The first-order chi connectivity index (χ1) is 7.72. The highest BCUT2D eigenvalue weighted by atomic mass is 35.5. The number of aryl methyl sites for hydroxylation is 1. The first-order valence-corrected chi connectivity index (χ1v) is 5.51. The summed E-state index contributed by atoms with van der Waals surface area (Å²) in [5.74, 6) is 0. The minimum atomic E-state index is 0.0369. The van der Waals surface area contributed by atoms with Crippen molar-refractivity contribution in [1.29, 1.82) is 0 Å². The molecule has 16 heavy (non-hydrogen) atoms. The van der Waals surface area contributed by atoms with E-state index >= 15 is 0 Å². The lowest BCUT2D eigenvalue weighted by Gasteiger charge is -2.15. The van der Waals surface area contributed by atoms with Crippen molar-refractivity contribution < 1.29 is 0 Å². The molecule has 0 saturated heterocycles. The van der Waals surface area contributed by atoms with Crippen LogP contribution in [0.15, 0.2) is 36.5 Å². The van der Waals surface area contributed by atoms with Crippen LogP contribution >= 0.6 is 11.6 Å². The fourth-order valence-corrected chi connectivity index (χ4v) is 2.00. The third-order valence-electron chi connectivity index (χ3n) is 2.53. The van der Waals surface area contributed by atoms with Crippen LogP contribution in [0.3, 0.4) is 0 Å². The molecule has 2 rings (SSSR count). The smallest absolute Gasteiger partial charge is 0.0839 e. The molecule has 0 saturated carbocycles. The number of hydrogen-bond acceptors (Lipinski definition) is 2. The molecule has 1 aromatic heterocycles. The molecule has 84 valence electrons. The zero-order valence-corrected chi connectivity index (χ0v) is 10.1. The van der Waals surface area contributed by atoms with Crippen molar-refractivity contribution in [2.75, 3.05) is 7.05 Å². The molecule has 0 aliphatic carbocycles. The second kappa shape index (κ2) is 4.68. The normalized spacial score (nSPS) is 12.7. The van der Waals surface area contributed by atoms with E-state index in [4.69, 9.17) is 11.6 Å². The number of rotatable bonds is 3. The van der Waals surface area contributed by atoms with E-state index < -0.39 is 0 Å². The van der Waals surface area contributed by atoms with Crippen LogP contribution in [0.25, 0.3) is 0 Å². The summed E-state index contributed by atoms with van der Waals surface area (Å²) < 4.78 is 1.79. The van der Waals surface area contributed by atoms with E-state index in [9.17, 15) is 0 Å². The third kappa shape index (κ3) is 2.10. The lowest BCUT2D eigenvalue weighted by atomic mass is 10.0. The van der Waals surface area contributed by atoms with Crippen molar-refractivity contribution >= 4 is 11.6 Å². The van der Waals surface area contributed by atoms with E-state index in [1.807, 2.05) is 50.6 Å². The van der Waals surface area contributed by atoms with E-state index in [-0.39, 0.29) is 6.04 Å². The van der Waals surface area contributed by atoms with Crippen molar-refractivity contribution in [1.82, 2.24) is 15.1 Å². The molecule has 3 nitrogen and oxygen atoms in total. The van der Waals surface area contributed by atoms with Crippen LogP contribution in [0.4, 0.5) is 0 Å². The van der Waals surface area contributed by atoms with Crippen molar-refractivity contribution in [2.45, 2.75) is 6.04 Å². The first-order valence-electron chi connectivity index (χ1n) is 5.13. The summed E-state index contributed by atoms with van der Waals surface area (Å²) >= 11 is 6.18. The summed E-state index contributed by atoms with van der Waals surface area (Å²) in [7, 11) is 3.81. The average Bonchev–Trinajstić information content (AvgIpc) is 2.69. The van der Waals surface area contributed by atoms with Crippen LogP contribution < -0.4 is 5.32 Å². The lowest BCUT2D eigenvalue weighted by molar-refractivity contribution is 0.642. The average molecular weight is 236 g/mol.